The van der Waals surface area contributed by atoms with E-state index in [-0.39, 0.29) is 12.5 Å². The highest BCUT2D eigenvalue weighted by molar-refractivity contribution is 6.02. The highest BCUT2D eigenvalue weighted by Crippen LogP contribution is 2.44. The van der Waals surface area contributed by atoms with Gasteiger partial charge in [-0.05, 0) is 43.7 Å². The van der Waals surface area contributed by atoms with Crippen LogP contribution in [0.4, 0.5) is 4.79 Å². The number of hydrogen-bond acceptors (Lipinski definition) is 6. The van der Waals surface area contributed by atoms with Gasteiger partial charge in [0.25, 0.3) is 0 Å². The van der Waals surface area contributed by atoms with Gasteiger partial charge in [-0.2, -0.15) is 0 Å². The topological polar surface area (TPSA) is 79.0 Å². The number of carbonyl (C=O) groups excluding carboxylic acids is 1. The molecule has 1 aromatic heterocycles. The van der Waals surface area contributed by atoms with Gasteiger partial charge >= 0.3 is 6.16 Å². The number of H-pyrrole nitrogens is 1. The lowest BCUT2D eigenvalue weighted by molar-refractivity contribution is 0.103. The summed E-state index contributed by atoms with van der Waals surface area (Å²) < 4.78 is 27.0. The molecular formula is C22H25NO6. The fraction of sp³-hybridized carbons (Fsp3) is 0.318. The van der Waals surface area contributed by atoms with Gasteiger partial charge in [0.1, 0.15) is 17.2 Å². The van der Waals surface area contributed by atoms with E-state index in [1.165, 1.54) is 0 Å². The normalized spacial score (nSPS) is 10.6. The van der Waals surface area contributed by atoms with Crippen molar-refractivity contribution in [3.05, 3.63) is 36.4 Å². The van der Waals surface area contributed by atoms with E-state index in [0.29, 0.717) is 23.7 Å². The highest BCUT2D eigenvalue weighted by atomic mass is 16.7. The zero-order chi connectivity index (χ0) is 20.8. The molecule has 3 rings (SSSR count). The van der Waals surface area contributed by atoms with E-state index in [4.69, 9.17) is 23.7 Å². The molecule has 0 saturated heterocycles. The molecular weight excluding hydrogens is 374 g/mol. The molecule has 0 aliphatic carbocycles. The van der Waals surface area contributed by atoms with Gasteiger partial charge in [0.05, 0.1) is 33.0 Å². The number of aromatic amines is 1. The summed E-state index contributed by atoms with van der Waals surface area (Å²) in [5, 5.41) is 0.835. The Bertz CT molecular complexity index is 994. The second-order valence-corrected chi connectivity index (χ2v) is 6.24. The van der Waals surface area contributed by atoms with Crippen LogP contribution < -0.4 is 18.9 Å². The number of methoxy groups -OCH3 is 2. The minimum absolute atomic E-state index is 0.218. The molecule has 0 spiro atoms. The Hall–Kier alpha value is -3.35. The monoisotopic (exact) mass is 399 g/mol. The lowest BCUT2D eigenvalue weighted by Gasteiger charge is -2.12. The number of nitrogens with one attached hydrogen (secondary N) is 1. The maximum Gasteiger partial charge on any atom is 0.515 e. The Morgan fingerprint density at radius 1 is 1.00 bits per heavy atom. The van der Waals surface area contributed by atoms with Crippen molar-refractivity contribution in [1.82, 2.24) is 4.98 Å². The summed E-state index contributed by atoms with van der Waals surface area (Å²) in [6.45, 7) is 4.60. The molecule has 0 aliphatic heterocycles. The molecule has 0 amide bonds. The Labute approximate surface area is 169 Å². The standard InChI is InChI=1S/C22H25NO6/c1-5-11-28-15-8-10-18-17(12-15)20(21(23-18)29-22(24)27-6-2)16-9-7-14(25-3)13-19(16)26-4/h7-10,12-13,23H,5-6,11H2,1-4H3. The van der Waals surface area contributed by atoms with Gasteiger partial charge in [-0.1, -0.05) is 6.92 Å². The largest absolute Gasteiger partial charge is 0.515 e. The lowest BCUT2D eigenvalue weighted by atomic mass is 10.0. The number of hydrogen-bond donors (Lipinski definition) is 1. The summed E-state index contributed by atoms with van der Waals surface area (Å²) in [6, 6.07) is 11.1. The highest BCUT2D eigenvalue weighted by Gasteiger charge is 2.22. The quantitative estimate of drug-likeness (QED) is 0.526. The first-order chi connectivity index (χ1) is 14.1. The van der Waals surface area contributed by atoms with Crippen LogP contribution in [0.3, 0.4) is 0 Å². The van der Waals surface area contributed by atoms with Gasteiger partial charge in [-0.3, -0.25) is 0 Å². The molecule has 29 heavy (non-hydrogen) atoms. The lowest BCUT2D eigenvalue weighted by Crippen LogP contribution is -2.10. The Morgan fingerprint density at radius 2 is 1.79 bits per heavy atom. The number of ether oxygens (including phenoxy) is 5. The second-order valence-electron chi connectivity index (χ2n) is 6.24. The molecule has 3 aromatic rings. The van der Waals surface area contributed by atoms with E-state index in [1.807, 2.05) is 37.3 Å². The van der Waals surface area contributed by atoms with E-state index in [2.05, 4.69) is 4.98 Å². The van der Waals surface area contributed by atoms with Gasteiger partial charge < -0.3 is 28.7 Å². The van der Waals surface area contributed by atoms with Gasteiger partial charge in [-0.15, -0.1) is 0 Å². The molecule has 7 heteroatoms. The van der Waals surface area contributed by atoms with Gasteiger partial charge in [-0.25, -0.2) is 4.79 Å². The van der Waals surface area contributed by atoms with Crippen molar-refractivity contribution in [2.24, 2.45) is 0 Å². The zero-order valence-corrected chi connectivity index (χ0v) is 17.0. The average Bonchev–Trinajstić information content (AvgIpc) is 3.08. The van der Waals surface area contributed by atoms with Crippen LogP contribution in [0.1, 0.15) is 20.3 Å². The van der Waals surface area contributed by atoms with Crippen molar-refractivity contribution in [3.63, 3.8) is 0 Å². The van der Waals surface area contributed by atoms with Crippen LogP contribution in [-0.2, 0) is 4.74 Å². The van der Waals surface area contributed by atoms with E-state index in [1.54, 1.807) is 27.2 Å². The summed E-state index contributed by atoms with van der Waals surface area (Å²) >= 11 is 0. The predicted octanol–water partition coefficient (Wildman–Crippen LogP) is 5.18. The summed E-state index contributed by atoms with van der Waals surface area (Å²) in [5.74, 6) is 2.24. The maximum atomic E-state index is 12.0. The molecule has 0 bridgehead atoms. The third-order valence-electron chi connectivity index (χ3n) is 4.33. The molecule has 1 heterocycles. The second kappa shape index (κ2) is 9.23. The smallest absolute Gasteiger partial charge is 0.497 e. The summed E-state index contributed by atoms with van der Waals surface area (Å²) in [7, 11) is 3.17. The van der Waals surface area contributed by atoms with Gasteiger partial charge in [0.2, 0.25) is 5.88 Å². The minimum Gasteiger partial charge on any atom is -0.497 e. The Kier molecular flexibility index (Phi) is 6.49. The molecule has 0 radical (unpaired) electrons. The van der Waals surface area contributed by atoms with E-state index >= 15 is 0 Å². The molecule has 0 aliphatic rings. The first kappa shape index (κ1) is 20.4. The number of fused-ring (bicyclic) bond motifs is 1. The fourth-order valence-corrected chi connectivity index (χ4v) is 3.04. The third kappa shape index (κ3) is 4.39. The Morgan fingerprint density at radius 3 is 2.48 bits per heavy atom. The Balaban J connectivity index is 2.18. The van der Waals surface area contributed by atoms with Crippen LogP contribution in [0.25, 0.3) is 22.0 Å². The molecule has 2 aromatic carbocycles. The first-order valence-electron chi connectivity index (χ1n) is 9.46. The molecule has 0 fully saturated rings. The van der Waals surface area contributed by atoms with Crippen molar-refractivity contribution < 1.29 is 28.5 Å². The van der Waals surface area contributed by atoms with Crippen molar-refractivity contribution in [1.29, 1.82) is 0 Å². The molecule has 0 saturated carbocycles. The van der Waals surface area contributed by atoms with Gasteiger partial charge in [0.15, 0.2) is 0 Å². The number of carbonyl (C=O) groups is 1. The molecule has 154 valence electrons. The molecule has 0 unspecified atom stereocenters. The summed E-state index contributed by atoms with van der Waals surface area (Å²) in [5.41, 5.74) is 2.21. The van der Waals surface area contributed by atoms with E-state index in [0.717, 1.165) is 28.6 Å². The zero-order valence-electron chi connectivity index (χ0n) is 17.0. The van der Waals surface area contributed by atoms with E-state index in [9.17, 15) is 4.79 Å². The maximum absolute atomic E-state index is 12.0. The van der Waals surface area contributed by atoms with E-state index < -0.39 is 6.16 Å². The summed E-state index contributed by atoms with van der Waals surface area (Å²) in [4.78, 5) is 15.1. The van der Waals surface area contributed by atoms with Crippen LogP contribution in [0, 0.1) is 0 Å². The number of rotatable bonds is 8. The van der Waals surface area contributed by atoms with Crippen molar-refractivity contribution in [3.8, 4) is 34.3 Å². The van der Waals surface area contributed by atoms with Crippen LogP contribution in [0.5, 0.6) is 23.1 Å². The van der Waals surface area contributed by atoms with Crippen LogP contribution in [0.2, 0.25) is 0 Å². The SMILES string of the molecule is CCCOc1ccc2[nH]c(OC(=O)OCC)c(-c3ccc(OC)cc3OC)c2c1. The van der Waals surface area contributed by atoms with Crippen molar-refractivity contribution >= 4 is 17.1 Å². The first-order valence-corrected chi connectivity index (χ1v) is 9.46. The number of aromatic nitrogens is 1. The minimum atomic E-state index is -0.782. The molecule has 1 N–H and O–H groups in total. The molecule has 0 atom stereocenters. The van der Waals surface area contributed by atoms with Gasteiger partial charge in [0, 0.05) is 22.5 Å². The van der Waals surface area contributed by atoms with Crippen LogP contribution in [-0.4, -0.2) is 38.6 Å². The van der Waals surface area contributed by atoms with Crippen molar-refractivity contribution in [2.75, 3.05) is 27.4 Å². The molecule has 7 nitrogen and oxygen atoms in total. The summed E-state index contributed by atoms with van der Waals surface area (Å²) in [6.07, 6.45) is 0.122. The number of benzene rings is 2. The predicted molar refractivity (Wildman–Crippen MR) is 110 cm³/mol. The van der Waals surface area contributed by atoms with Crippen LogP contribution in [0.15, 0.2) is 36.4 Å². The van der Waals surface area contributed by atoms with Crippen LogP contribution >= 0.6 is 0 Å². The third-order valence-corrected chi connectivity index (χ3v) is 4.33. The van der Waals surface area contributed by atoms with Crippen molar-refractivity contribution in [2.45, 2.75) is 20.3 Å². The fourth-order valence-electron chi connectivity index (χ4n) is 3.04. The average molecular weight is 399 g/mol.